The van der Waals surface area contributed by atoms with E-state index in [0.717, 1.165) is 33.1 Å². The van der Waals surface area contributed by atoms with Gasteiger partial charge in [-0.2, -0.15) is 0 Å². The van der Waals surface area contributed by atoms with Crippen LogP contribution in [-0.4, -0.2) is 43.8 Å². The monoisotopic (exact) mass is 615 g/mol. The molecule has 0 radical (unpaired) electrons. The Hall–Kier alpha value is -4.50. The van der Waals surface area contributed by atoms with E-state index >= 15 is 0 Å². The second-order valence-corrected chi connectivity index (χ2v) is 12.7. The third-order valence-corrected chi connectivity index (χ3v) is 9.26. The van der Waals surface area contributed by atoms with Gasteiger partial charge in [0, 0.05) is 19.0 Å². The van der Waals surface area contributed by atoms with Gasteiger partial charge in [-0.15, -0.1) is 0 Å². The first-order valence-electron chi connectivity index (χ1n) is 14.6. The summed E-state index contributed by atoms with van der Waals surface area (Å²) in [5, 5.41) is 3.02. The van der Waals surface area contributed by atoms with E-state index < -0.39 is 34.3 Å². The van der Waals surface area contributed by atoms with Gasteiger partial charge in [0.15, 0.2) is 0 Å². The summed E-state index contributed by atoms with van der Waals surface area (Å²) in [6, 6.07) is 28.9. The zero-order valence-electron chi connectivity index (χ0n) is 25.2. The molecule has 4 aromatic carbocycles. The summed E-state index contributed by atoms with van der Waals surface area (Å²) in [5.41, 5.74) is 2.83. The number of anilines is 1. The molecule has 0 fully saturated rings. The molecule has 0 unspecified atom stereocenters. The molecule has 0 heterocycles. The number of nitrogens with one attached hydrogen (secondary N) is 1. The van der Waals surface area contributed by atoms with E-state index in [4.69, 9.17) is 0 Å². The minimum atomic E-state index is -4.29. The number of hydrogen-bond acceptors (Lipinski definition) is 4. The molecule has 2 atom stereocenters. The molecule has 0 aliphatic carbocycles. The molecule has 0 aliphatic heterocycles. The average Bonchev–Trinajstić information content (AvgIpc) is 3.03. The van der Waals surface area contributed by atoms with Gasteiger partial charge in [0.2, 0.25) is 11.8 Å². The van der Waals surface area contributed by atoms with Crippen molar-refractivity contribution in [2.45, 2.75) is 57.1 Å². The highest BCUT2D eigenvalue weighted by molar-refractivity contribution is 7.92. The molecule has 0 spiro atoms. The van der Waals surface area contributed by atoms with Gasteiger partial charge in [0.25, 0.3) is 10.0 Å². The Balaban J connectivity index is 1.79. The Labute approximate surface area is 259 Å². The van der Waals surface area contributed by atoms with Crippen LogP contribution in [0.4, 0.5) is 10.1 Å². The number of sulfonamides is 1. The lowest BCUT2D eigenvalue weighted by atomic mass is 10.0. The maximum atomic E-state index is 14.4. The number of halogens is 1. The predicted octanol–water partition coefficient (Wildman–Crippen LogP) is 5.88. The third-order valence-electron chi connectivity index (χ3n) is 7.47. The van der Waals surface area contributed by atoms with Crippen LogP contribution in [0.1, 0.15) is 37.0 Å². The highest BCUT2D eigenvalue weighted by Gasteiger charge is 2.35. The standard InChI is InChI=1S/C35H38FN3O4S/c1-4-27(3)37-35(41)33(23-28-11-7-5-8-12-28)38(24-29-13-9-6-10-14-29)34(40)25-39(31-19-15-26(2)16-20-31)44(42,43)32-21-17-30(36)18-22-32/h5-22,27,33H,4,23-25H2,1-3H3,(H,37,41)/t27-,33+/m0/s1. The van der Waals surface area contributed by atoms with Crippen LogP contribution in [0.3, 0.4) is 0 Å². The van der Waals surface area contributed by atoms with Gasteiger partial charge in [-0.1, -0.05) is 85.3 Å². The minimum absolute atomic E-state index is 0.0867. The number of carbonyl (C=O) groups excluding carboxylic acids is 2. The molecule has 0 saturated carbocycles. The lowest BCUT2D eigenvalue weighted by molar-refractivity contribution is -0.140. The summed E-state index contributed by atoms with van der Waals surface area (Å²) in [4.78, 5) is 29.5. The van der Waals surface area contributed by atoms with E-state index in [1.165, 1.54) is 17.0 Å². The van der Waals surface area contributed by atoms with Gasteiger partial charge in [-0.05, 0) is 67.8 Å². The smallest absolute Gasteiger partial charge is 0.264 e. The fourth-order valence-electron chi connectivity index (χ4n) is 4.75. The predicted molar refractivity (Wildman–Crippen MR) is 171 cm³/mol. The van der Waals surface area contributed by atoms with Crippen molar-refractivity contribution in [1.82, 2.24) is 10.2 Å². The van der Waals surface area contributed by atoms with Gasteiger partial charge in [-0.25, -0.2) is 12.8 Å². The van der Waals surface area contributed by atoms with Crippen molar-refractivity contribution in [1.29, 1.82) is 0 Å². The number of rotatable bonds is 13. The molecule has 1 N–H and O–H groups in total. The quantitative estimate of drug-likeness (QED) is 0.203. The van der Waals surface area contributed by atoms with Gasteiger partial charge in [0.05, 0.1) is 10.6 Å². The minimum Gasteiger partial charge on any atom is -0.352 e. The molecule has 44 heavy (non-hydrogen) atoms. The first kappa shape index (κ1) is 32.4. The Morgan fingerprint density at radius 1 is 0.818 bits per heavy atom. The summed E-state index contributed by atoms with van der Waals surface area (Å²) < 4.78 is 42.7. The van der Waals surface area contributed by atoms with Gasteiger partial charge in [0.1, 0.15) is 18.4 Å². The second-order valence-electron chi connectivity index (χ2n) is 10.8. The van der Waals surface area contributed by atoms with E-state index in [2.05, 4.69) is 5.32 Å². The first-order valence-corrected chi connectivity index (χ1v) is 16.0. The molecule has 0 bridgehead atoms. The Morgan fingerprint density at radius 3 is 1.95 bits per heavy atom. The molecule has 0 aromatic heterocycles. The molecule has 0 saturated heterocycles. The lowest BCUT2D eigenvalue weighted by Crippen LogP contribution is -2.54. The topological polar surface area (TPSA) is 86.8 Å². The van der Waals surface area contributed by atoms with Crippen molar-refractivity contribution in [3.63, 3.8) is 0 Å². The van der Waals surface area contributed by atoms with E-state index in [0.29, 0.717) is 6.42 Å². The van der Waals surface area contributed by atoms with Crippen molar-refractivity contribution in [2.24, 2.45) is 0 Å². The number of nitrogens with zero attached hydrogens (tertiary/aromatic N) is 2. The van der Waals surface area contributed by atoms with Crippen molar-refractivity contribution in [3.8, 4) is 0 Å². The second kappa shape index (κ2) is 14.8. The van der Waals surface area contributed by atoms with Gasteiger partial charge >= 0.3 is 0 Å². The summed E-state index contributed by atoms with van der Waals surface area (Å²) >= 11 is 0. The zero-order valence-corrected chi connectivity index (χ0v) is 26.0. The number of amides is 2. The molecular formula is C35H38FN3O4S. The Bertz CT molecular complexity index is 1630. The van der Waals surface area contributed by atoms with Crippen LogP contribution in [0.25, 0.3) is 0 Å². The number of carbonyl (C=O) groups is 2. The number of benzene rings is 4. The molecular weight excluding hydrogens is 577 g/mol. The molecule has 230 valence electrons. The fourth-order valence-corrected chi connectivity index (χ4v) is 6.16. The maximum absolute atomic E-state index is 14.4. The van der Waals surface area contributed by atoms with Gasteiger partial charge < -0.3 is 10.2 Å². The third kappa shape index (κ3) is 8.32. The molecule has 4 rings (SSSR count). The van der Waals surface area contributed by atoms with Crippen LogP contribution in [0, 0.1) is 12.7 Å². The fraction of sp³-hybridized carbons (Fsp3) is 0.257. The maximum Gasteiger partial charge on any atom is 0.264 e. The average molecular weight is 616 g/mol. The Kier molecular flexibility index (Phi) is 10.9. The summed E-state index contributed by atoms with van der Waals surface area (Å²) in [5.74, 6) is -1.46. The van der Waals surface area contributed by atoms with E-state index in [-0.39, 0.29) is 35.5 Å². The van der Waals surface area contributed by atoms with E-state index in [1.54, 1.807) is 24.3 Å². The van der Waals surface area contributed by atoms with Gasteiger partial charge in [-0.3, -0.25) is 13.9 Å². The normalized spacial score (nSPS) is 12.6. The summed E-state index contributed by atoms with van der Waals surface area (Å²) in [6.07, 6.45) is 0.935. The van der Waals surface area contributed by atoms with Crippen LogP contribution in [0.5, 0.6) is 0 Å². The van der Waals surface area contributed by atoms with Crippen LogP contribution in [0.2, 0.25) is 0 Å². The van der Waals surface area contributed by atoms with Crippen molar-refractivity contribution in [3.05, 3.63) is 132 Å². The zero-order chi connectivity index (χ0) is 31.7. The summed E-state index contributed by atoms with van der Waals surface area (Å²) in [6.45, 7) is 5.25. The summed E-state index contributed by atoms with van der Waals surface area (Å²) in [7, 11) is -4.29. The van der Waals surface area contributed by atoms with E-state index in [9.17, 15) is 22.4 Å². The van der Waals surface area contributed by atoms with Crippen molar-refractivity contribution >= 4 is 27.5 Å². The first-order chi connectivity index (χ1) is 21.1. The van der Waals surface area contributed by atoms with E-state index in [1.807, 2.05) is 81.4 Å². The molecule has 0 aliphatic rings. The molecule has 4 aromatic rings. The van der Waals surface area contributed by atoms with Crippen molar-refractivity contribution < 1.29 is 22.4 Å². The molecule has 7 nitrogen and oxygen atoms in total. The van der Waals surface area contributed by atoms with Crippen LogP contribution >= 0.6 is 0 Å². The van der Waals surface area contributed by atoms with Crippen LogP contribution in [-0.2, 0) is 32.6 Å². The Morgan fingerprint density at radius 2 is 1.39 bits per heavy atom. The van der Waals surface area contributed by atoms with Crippen LogP contribution in [0.15, 0.2) is 114 Å². The molecule has 2 amide bonds. The molecule has 9 heteroatoms. The lowest BCUT2D eigenvalue weighted by Gasteiger charge is -2.34. The van der Waals surface area contributed by atoms with Crippen LogP contribution < -0.4 is 9.62 Å². The van der Waals surface area contributed by atoms with Crippen molar-refractivity contribution in [2.75, 3.05) is 10.8 Å². The number of aryl methyl sites for hydroxylation is 1. The number of hydrogen-bond donors (Lipinski definition) is 1. The SMILES string of the molecule is CC[C@H](C)NC(=O)[C@@H](Cc1ccccc1)N(Cc1ccccc1)C(=O)CN(c1ccc(C)cc1)S(=O)(=O)c1ccc(F)cc1. The highest BCUT2D eigenvalue weighted by atomic mass is 32.2. The highest BCUT2D eigenvalue weighted by Crippen LogP contribution is 2.26. The largest absolute Gasteiger partial charge is 0.352 e.